The Labute approximate surface area is 193 Å². The summed E-state index contributed by atoms with van der Waals surface area (Å²) in [6, 6.07) is 11.5. The Balaban J connectivity index is 1.40. The van der Waals surface area contributed by atoms with Crippen LogP contribution in [0.15, 0.2) is 42.5 Å². The number of anilines is 1. The molecule has 0 radical (unpaired) electrons. The lowest BCUT2D eigenvalue weighted by molar-refractivity contribution is 0.0951. The summed E-state index contributed by atoms with van der Waals surface area (Å²) in [5.74, 6) is -0.430. The number of amides is 2. The number of benzene rings is 2. The summed E-state index contributed by atoms with van der Waals surface area (Å²) >= 11 is 11.9. The van der Waals surface area contributed by atoms with Gasteiger partial charge in [-0.3, -0.25) is 9.59 Å². The zero-order chi connectivity index (χ0) is 22.2. The van der Waals surface area contributed by atoms with Crippen LogP contribution in [0.2, 0.25) is 10.0 Å². The molecule has 0 aliphatic carbocycles. The van der Waals surface area contributed by atoms with E-state index in [1.807, 2.05) is 0 Å². The molecule has 1 heterocycles. The van der Waals surface area contributed by atoms with Gasteiger partial charge in [0.15, 0.2) is 0 Å². The van der Waals surface area contributed by atoms with E-state index in [1.165, 1.54) is 0 Å². The maximum atomic E-state index is 12.4. The largest absolute Gasteiger partial charge is 0.352 e. The van der Waals surface area contributed by atoms with Crippen LogP contribution < -0.4 is 10.6 Å². The molecule has 0 saturated carbocycles. The summed E-state index contributed by atoms with van der Waals surface area (Å²) in [4.78, 5) is 29.5. The smallest absolute Gasteiger partial charge is 0.255 e. The average molecular weight is 463 g/mol. The highest BCUT2D eigenvalue weighted by atomic mass is 35.5. The van der Waals surface area contributed by atoms with Crippen molar-refractivity contribution in [1.82, 2.24) is 15.1 Å². The molecule has 8 heteroatoms. The van der Waals surface area contributed by atoms with Gasteiger partial charge >= 0.3 is 0 Å². The number of likely N-dealkylation sites (N-methyl/N-ethyl adjacent to an activating group) is 1. The van der Waals surface area contributed by atoms with E-state index < -0.39 is 0 Å². The van der Waals surface area contributed by atoms with Gasteiger partial charge in [-0.1, -0.05) is 23.2 Å². The van der Waals surface area contributed by atoms with Gasteiger partial charge in [-0.25, -0.2) is 0 Å². The second kappa shape index (κ2) is 11.5. The first-order valence-electron chi connectivity index (χ1n) is 10.5. The van der Waals surface area contributed by atoms with Crippen LogP contribution in [0.1, 0.15) is 33.6 Å². The number of nitrogens with zero attached hydrogens (tertiary/aromatic N) is 2. The van der Waals surface area contributed by atoms with E-state index in [4.69, 9.17) is 23.2 Å². The van der Waals surface area contributed by atoms with Crippen molar-refractivity contribution < 1.29 is 9.59 Å². The molecule has 1 aliphatic heterocycles. The topological polar surface area (TPSA) is 64.7 Å². The van der Waals surface area contributed by atoms with Gasteiger partial charge < -0.3 is 20.4 Å². The van der Waals surface area contributed by atoms with Gasteiger partial charge in [0.05, 0.1) is 0 Å². The average Bonchev–Trinajstić information content (AvgIpc) is 2.74. The Morgan fingerprint density at radius 1 is 0.871 bits per heavy atom. The van der Waals surface area contributed by atoms with E-state index in [9.17, 15) is 9.59 Å². The third-order valence-corrected chi connectivity index (χ3v) is 5.75. The van der Waals surface area contributed by atoms with Crippen LogP contribution >= 0.6 is 23.2 Å². The third kappa shape index (κ3) is 7.51. The highest BCUT2D eigenvalue weighted by molar-refractivity contribution is 6.35. The summed E-state index contributed by atoms with van der Waals surface area (Å²) in [7, 11) is 2.16. The lowest BCUT2D eigenvalue weighted by Crippen LogP contribution is -2.44. The number of carbonyl (C=O) groups is 2. The first kappa shape index (κ1) is 23.5. The lowest BCUT2D eigenvalue weighted by Gasteiger charge is -2.32. The summed E-state index contributed by atoms with van der Waals surface area (Å²) in [6.45, 7) is 6.22. The Kier molecular flexibility index (Phi) is 8.72. The minimum atomic E-state index is -0.318. The number of unbranched alkanes of at least 4 members (excludes halogenated alkanes) is 1. The van der Waals surface area contributed by atoms with Crippen molar-refractivity contribution in [2.24, 2.45) is 0 Å². The van der Waals surface area contributed by atoms with Crippen LogP contribution in [0.4, 0.5) is 5.69 Å². The van der Waals surface area contributed by atoms with Crippen molar-refractivity contribution in [2.75, 3.05) is 51.6 Å². The fourth-order valence-electron chi connectivity index (χ4n) is 3.43. The molecule has 3 rings (SSSR count). The molecule has 0 unspecified atom stereocenters. The quantitative estimate of drug-likeness (QED) is 0.581. The van der Waals surface area contributed by atoms with Gasteiger partial charge in [-0.05, 0) is 68.9 Å². The highest BCUT2D eigenvalue weighted by Gasteiger charge is 2.13. The first-order chi connectivity index (χ1) is 14.9. The first-order valence-corrected chi connectivity index (χ1v) is 11.2. The maximum absolute atomic E-state index is 12.4. The Morgan fingerprint density at radius 3 is 2.16 bits per heavy atom. The van der Waals surface area contributed by atoms with Crippen molar-refractivity contribution in [1.29, 1.82) is 0 Å². The number of hydrogen-bond donors (Lipinski definition) is 2. The van der Waals surface area contributed by atoms with Crippen LogP contribution in [0, 0.1) is 0 Å². The molecule has 0 aromatic heterocycles. The minimum absolute atomic E-state index is 0.112. The van der Waals surface area contributed by atoms with Crippen molar-refractivity contribution in [3.8, 4) is 0 Å². The van der Waals surface area contributed by atoms with Crippen LogP contribution in [0.3, 0.4) is 0 Å². The normalized spacial score (nSPS) is 14.9. The van der Waals surface area contributed by atoms with Crippen LogP contribution in [-0.2, 0) is 0 Å². The molecule has 0 spiro atoms. The SMILES string of the molecule is CN1CCN(CCCCNC(=O)c2ccc(NC(=O)c3cc(Cl)cc(Cl)c3)cc2)CC1. The van der Waals surface area contributed by atoms with Crippen LogP contribution in [0.25, 0.3) is 0 Å². The molecule has 1 fully saturated rings. The lowest BCUT2D eigenvalue weighted by atomic mass is 10.1. The Hall–Kier alpha value is -2.12. The zero-order valence-electron chi connectivity index (χ0n) is 17.7. The molecule has 2 aromatic rings. The molecule has 0 bridgehead atoms. The van der Waals surface area contributed by atoms with Gasteiger partial charge in [-0.2, -0.15) is 0 Å². The Bertz CT molecular complexity index is 877. The standard InChI is InChI=1S/C23H28Cl2N4O2/c1-28-10-12-29(13-11-28)9-3-2-8-26-22(30)17-4-6-21(7-5-17)27-23(31)18-14-19(24)16-20(25)15-18/h4-7,14-16H,2-3,8-13H2,1H3,(H,26,30)(H,27,31). The number of rotatable bonds is 8. The van der Waals surface area contributed by atoms with E-state index in [0.29, 0.717) is 33.4 Å². The number of halogens is 2. The third-order valence-electron chi connectivity index (χ3n) is 5.31. The second-order valence-electron chi connectivity index (χ2n) is 7.80. The van der Waals surface area contributed by atoms with E-state index in [0.717, 1.165) is 45.6 Å². The van der Waals surface area contributed by atoms with Crippen molar-refractivity contribution >= 4 is 40.7 Å². The highest BCUT2D eigenvalue weighted by Crippen LogP contribution is 2.20. The number of hydrogen-bond acceptors (Lipinski definition) is 4. The molecule has 2 N–H and O–H groups in total. The monoisotopic (exact) mass is 462 g/mol. The van der Waals surface area contributed by atoms with Gasteiger partial charge in [0.1, 0.15) is 0 Å². The van der Waals surface area contributed by atoms with E-state index in [1.54, 1.807) is 42.5 Å². The predicted octanol–water partition coefficient (Wildman–Crippen LogP) is 4.00. The van der Waals surface area contributed by atoms with Gasteiger partial charge in [0, 0.05) is 59.6 Å². The van der Waals surface area contributed by atoms with E-state index >= 15 is 0 Å². The molecular formula is C23H28Cl2N4O2. The van der Waals surface area contributed by atoms with Crippen molar-refractivity contribution in [3.63, 3.8) is 0 Å². The molecule has 0 atom stereocenters. The van der Waals surface area contributed by atoms with Crippen LogP contribution in [-0.4, -0.2) is 67.9 Å². The molecule has 166 valence electrons. The van der Waals surface area contributed by atoms with Gasteiger partial charge in [-0.15, -0.1) is 0 Å². The Morgan fingerprint density at radius 2 is 1.52 bits per heavy atom. The van der Waals surface area contributed by atoms with E-state index in [-0.39, 0.29) is 11.8 Å². The number of carbonyl (C=O) groups excluding carboxylic acids is 2. The zero-order valence-corrected chi connectivity index (χ0v) is 19.2. The van der Waals surface area contributed by atoms with Gasteiger partial charge in [0.25, 0.3) is 11.8 Å². The summed E-state index contributed by atoms with van der Waals surface area (Å²) in [6.07, 6.45) is 2.02. The summed E-state index contributed by atoms with van der Waals surface area (Å²) < 4.78 is 0. The summed E-state index contributed by atoms with van der Waals surface area (Å²) in [5, 5.41) is 6.53. The molecule has 2 aromatic carbocycles. The molecular weight excluding hydrogens is 435 g/mol. The summed E-state index contributed by atoms with van der Waals surface area (Å²) in [5.41, 5.74) is 1.52. The predicted molar refractivity (Wildman–Crippen MR) is 126 cm³/mol. The number of piperazine rings is 1. The van der Waals surface area contributed by atoms with Gasteiger partial charge in [0.2, 0.25) is 0 Å². The van der Waals surface area contributed by atoms with Crippen molar-refractivity contribution in [3.05, 3.63) is 63.6 Å². The second-order valence-corrected chi connectivity index (χ2v) is 8.67. The maximum Gasteiger partial charge on any atom is 0.255 e. The van der Waals surface area contributed by atoms with E-state index in [2.05, 4.69) is 27.5 Å². The molecule has 31 heavy (non-hydrogen) atoms. The minimum Gasteiger partial charge on any atom is -0.352 e. The van der Waals surface area contributed by atoms with Crippen molar-refractivity contribution in [2.45, 2.75) is 12.8 Å². The number of nitrogens with one attached hydrogen (secondary N) is 2. The van der Waals surface area contributed by atoms with Crippen LogP contribution in [0.5, 0.6) is 0 Å². The molecule has 1 aliphatic rings. The molecule has 2 amide bonds. The fourth-order valence-corrected chi connectivity index (χ4v) is 3.96. The molecule has 1 saturated heterocycles. The fraction of sp³-hybridized carbons (Fsp3) is 0.391. The molecule has 6 nitrogen and oxygen atoms in total.